The Balaban J connectivity index is 1.96. The van der Waals surface area contributed by atoms with Crippen LogP contribution in [0, 0.1) is 0 Å². The summed E-state index contributed by atoms with van der Waals surface area (Å²) >= 11 is 7.62. The van der Waals surface area contributed by atoms with Crippen LogP contribution in [0.4, 0.5) is 11.4 Å². The van der Waals surface area contributed by atoms with E-state index in [9.17, 15) is 0 Å². The molecule has 2 aromatic rings. The van der Waals surface area contributed by atoms with Crippen LogP contribution in [0.3, 0.4) is 0 Å². The molecule has 0 saturated carbocycles. The molecule has 0 fully saturated rings. The van der Waals surface area contributed by atoms with Gasteiger partial charge in [-0.05, 0) is 18.6 Å². The van der Waals surface area contributed by atoms with E-state index in [-0.39, 0.29) is 0 Å². The Kier molecular flexibility index (Phi) is 4.36. The molecular weight excluding hydrogens is 302 g/mol. The third kappa shape index (κ3) is 2.74. The van der Waals surface area contributed by atoms with Crippen molar-refractivity contribution >= 4 is 34.3 Å². The molecule has 0 bridgehead atoms. The number of alkyl halides is 1. The summed E-state index contributed by atoms with van der Waals surface area (Å²) in [4.78, 5) is 9.51. The molecule has 3 rings (SSSR count). The van der Waals surface area contributed by atoms with E-state index in [0.29, 0.717) is 11.9 Å². The van der Waals surface area contributed by atoms with Crippen molar-refractivity contribution in [3.8, 4) is 0 Å². The van der Waals surface area contributed by atoms with E-state index in [1.807, 2.05) is 0 Å². The van der Waals surface area contributed by atoms with Crippen LogP contribution < -0.4 is 9.80 Å². The fourth-order valence-electron chi connectivity index (χ4n) is 2.92. The number of hydrogen-bond donors (Lipinski definition) is 0. The van der Waals surface area contributed by atoms with Crippen molar-refractivity contribution in [1.82, 2.24) is 4.98 Å². The first kappa shape index (κ1) is 14.7. The van der Waals surface area contributed by atoms with Gasteiger partial charge in [-0.1, -0.05) is 19.1 Å². The lowest BCUT2D eigenvalue weighted by molar-refractivity contribution is 0.584. The highest BCUT2D eigenvalue weighted by molar-refractivity contribution is 7.09. The van der Waals surface area contributed by atoms with Gasteiger partial charge < -0.3 is 9.80 Å². The zero-order valence-corrected chi connectivity index (χ0v) is 14.0. The van der Waals surface area contributed by atoms with Gasteiger partial charge >= 0.3 is 0 Å². The molecule has 0 aliphatic carbocycles. The highest BCUT2D eigenvalue weighted by Gasteiger charge is 2.27. The maximum absolute atomic E-state index is 5.90. The van der Waals surface area contributed by atoms with Gasteiger partial charge in [0.1, 0.15) is 5.01 Å². The van der Waals surface area contributed by atoms with E-state index in [1.54, 1.807) is 11.3 Å². The van der Waals surface area contributed by atoms with Crippen molar-refractivity contribution in [3.05, 3.63) is 40.3 Å². The molecule has 112 valence electrons. The predicted molar refractivity (Wildman–Crippen MR) is 91.8 cm³/mol. The Morgan fingerprint density at radius 1 is 1.29 bits per heavy atom. The molecular formula is C16H20ClN3S. The summed E-state index contributed by atoms with van der Waals surface area (Å²) in [5.41, 5.74) is 3.59. The monoisotopic (exact) mass is 321 g/mol. The number of rotatable bonds is 4. The molecule has 1 aromatic heterocycles. The molecule has 5 heteroatoms. The maximum Gasteiger partial charge on any atom is 0.115 e. The van der Waals surface area contributed by atoms with Crippen molar-refractivity contribution < 1.29 is 0 Å². The van der Waals surface area contributed by atoms with Crippen LogP contribution >= 0.6 is 22.9 Å². The van der Waals surface area contributed by atoms with E-state index in [2.05, 4.69) is 53.4 Å². The molecule has 1 atom stereocenters. The van der Waals surface area contributed by atoms with E-state index >= 15 is 0 Å². The molecule has 3 nitrogen and oxygen atoms in total. The zero-order valence-electron chi connectivity index (χ0n) is 12.4. The van der Waals surface area contributed by atoms with Crippen LogP contribution in [0.5, 0.6) is 0 Å². The van der Waals surface area contributed by atoms with Gasteiger partial charge in [-0.25, -0.2) is 4.98 Å². The number of fused-ring (bicyclic) bond motifs is 1. The van der Waals surface area contributed by atoms with Crippen molar-refractivity contribution in [2.24, 2.45) is 0 Å². The Bertz CT molecular complexity index is 613. The van der Waals surface area contributed by atoms with Gasteiger partial charge in [0.25, 0.3) is 0 Å². The van der Waals surface area contributed by atoms with E-state index < -0.39 is 0 Å². The highest BCUT2D eigenvalue weighted by Crippen LogP contribution is 2.39. The summed E-state index contributed by atoms with van der Waals surface area (Å²) in [6.07, 6.45) is 1.05. The minimum atomic E-state index is 0.335. The van der Waals surface area contributed by atoms with Crippen LogP contribution in [0.1, 0.15) is 30.1 Å². The number of likely N-dealkylation sites (N-methyl/N-ethyl adjacent to an activating group) is 1. The van der Waals surface area contributed by atoms with Crippen LogP contribution in [-0.4, -0.2) is 25.1 Å². The molecule has 1 aliphatic rings. The second-order valence-corrected chi connectivity index (χ2v) is 6.50. The van der Waals surface area contributed by atoms with E-state index in [4.69, 9.17) is 16.6 Å². The van der Waals surface area contributed by atoms with Gasteiger partial charge in [0.2, 0.25) is 0 Å². The Morgan fingerprint density at radius 2 is 2.05 bits per heavy atom. The number of benzene rings is 1. The molecule has 1 aliphatic heterocycles. The topological polar surface area (TPSA) is 19.4 Å². The summed E-state index contributed by atoms with van der Waals surface area (Å²) in [7, 11) is 2.16. The lowest BCUT2D eigenvalue weighted by atomic mass is 10.1. The fourth-order valence-corrected chi connectivity index (χ4v) is 4.16. The molecule has 0 saturated heterocycles. The number of thiazole rings is 1. The first-order valence-electron chi connectivity index (χ1n) is 7.31. The molecule has 0 radical (unpaired) electrons. The molecule has 2 heterocycles. The number of aromatic nitrogens is 1. The van der Waals surface area contributed by atoms with Crippen molar-refractivity contribution in [2.45, 2.75) is 25.3 Å². The number of nitrogens with zero attached hydrogens (tertiary/aromatic N) is 3. The SMILES string of the molecule is CCC(c1nc(CCl)cs1)N1CCN(C)c2ccccc21. The first-order chi connectivity index (χ1) is 10.2. The smallest absolute Gasteiger partial charge is 0.115 e. The number of hydrogen-bond acceptors (Lipinski definition) is 4. The van der Waals surface area contributed by atoms with E-state index in [1.165, 1.54) is 16.4 Å². The van der Waals surface area contributed by atoms with Crippen molar-refractivity contribution in [3.63, 3.8) is 0 Å². The summed E-state index contributed by atoms with van der Waals surface area (Å²) in [6, 6.07) is 8.96. The largest absolute Gasteiger partial charge is 0.371 e. The van der Waals surface area contributed by atoms with Gasteiger partial charge in [-0.3, -0.25) is 0 Å². The van der Waals surface area contributed by atoms with Crippen LogP contribution in [0.2, 0.25) is 0 Å². The number of anilines is 2. The van der Waals surface area contributed by atoms with Crippen molar-refractivity contribution in [1.29, 1.82) is 0 Å². The first-order valence-corrected chi connectivity index (χ1v) is 8.73. The van der Waals surface area contributed by atoms with Crippen LogP contribution in [-0.2, 0) is 5.88 Å². The number of halogens is 1. The van der Waals surface area contributed by atoms with Crippen LogP contribution in [0.15, 0.2) is 29.6 Å². The molecule has 1 unspecified atom stereocenters. The fraction of sp³-hybridized carbons (Fsp3) is 0.438. The third-order valence-corrected chi connectivity index (χ3v) is 5.30. The minimum Gasteiger partial charge on any atom is -0.371 e. The maximum atomic E-state index is 5.90. The van der Waals surface area contributed by atoms with Crippen LogP contribution in [0.25, 0.3) is 0 Å². The van der Waals surface area contributed by atoms with Gasteiger partial charge in [-0.2, -0.15) is 0 Å². The van der Waals surface area contributed by atoms with Gasteiger partial charge in [0, 0.05) is 25.5 Å². The zero-order chi connectivity index (χ0) is 14.8. The number of para-hydroxylation sites is 2. The molecule has 21 heavy (non-hydrogen) atoms. The lowest BCUT2D eigenvalue weighted by Crippen LogP contribution is -2.41. The lowest BCUT2D eigenvalue weighted by Gasteiger charge is -2.40. The predicted octanol–water partition coefficient (Wildman–Crippen LogP) is 4.29. The van der Waals surface area contributed by atoms with E-state index in [0.717, 1.165) is 25.2 Å². The average molecular weight is 322 g/mol. The quantitative estimate of drug-likeness (QED) is 0.783. The van der Waals surface area contributed by atoms with Crippen molar-refractivity contribution in [2.75, 3.05) is 29.9 Å². The average Bonchev–Trinajstić information content (AvgIpc) is 2.99. The summed E-state index contributed by atoms with van der Waals surface area (Å²) < 4.78 is 0. The van der Waals surface area contributed by atoms with Gasteiger partial charge in [0.15, 0.2) is 0 Å². The third-order valence-electron chi connectivity index (χ3n) is 4.03. The summed E-state index contributed by atoms with van der Waals surface area (Å²) in [5.74, 6) is 0.492. The normalized spacial score (nSPS) is 16.0. The molecule has 1 aromatic carbocycles. The Hall–Kier alpha value is -1.26. The second-order valence-electron chi connectivity index (χ2n) is 5.34. The van der Waals surface area contributed by atoms with Gasteiger partial charge in [-0.15, -0.1) is 22.9 Å². The standard InChI is InChI=1S/C16H20ClN3S/c1-3-13(16-18-12(10-17)11-21-16)20-9-8-19(2)14-6-4-5-7-15(14)20/h4-7,11,13H,3,8-10H2,1-2H3. The minimum absolute atomic E-state index is 0.335. The Labute approximate surface area is 135 Å². The molecule has 0 amide bonds. The molecule has 0 N–H and O–H groups in total. The molecule has 0 spiro atoms. The summed E-state index contributed by atoms with van der Waals surface area (Å²) in [6.45, 7) is 4.30. The second kappa shape index (κ2) is 6.24. The summed E-state index contributed by atoms with van der Waals surface area (Å²) in [5, 5.41) is 3.25. The Morgan fingerprint density at radius 3 is 2.71 bits per heavy atom. The van der Waals surface area contributed by atoms with Gasteiger partial charge in [0.05, 0.1) is 29.0 Å². The highest BCUT2D eigenvalue weighted by atomic mass is 35.5.